The summed E-state index contributed by atoms with van der Waals surface area (Å²) in [7, 11) is 0. The van der Waals surface area contributed by atoms with E-state index in [0.717, 1.165) is 42.6 Å². The van der Waals surface area contributed by atoms with Gasteiger partial charge in [0, 0.05) is 23.8 Å². The Hall–Kier alpha value is -2.66. The van der Waals surface area contributed by atoms with Crippen molar-refractivity contribution in [2.24, 2.45) is 5.92 Å². The third kappa shape index (κ3) is 2.57. The molecule has 5 rings (SSSR count). The van der Waals surface area contributed by atoms with E-state index in [1.807, 2.05) is 30.3 Å². The molecule has 0 saturated carbocycles. The lowest BCUT2D eigenvalue weighted by Crippen LogP contribution is -2.54. The van der Waals surface area contributed by atoms with E-state index in [1.54, 1.807) is 0 Å². The molecule has 2 N–H and O–H groups in total. The van der Waals surface area contributed by atoms with Gasteiger partial charge in [-0.15, -0.1) is 0 Å². The van der Waals surface area contributed by atoms with Crippen molar-refractivity contribution in [2.75, 3.05) is 11.9 Å². The lowest BCUT2D eigenvalue weighted by atomic mass is 9.78. The molecule has 3 aliphatic heterocycles. The molecular formula is C24H27N3O2. The quantitative estimate of drug-likeness (QED) is 0.847. The molecule has 2 amide bonds. The molecule has 3 heterocycles. The smallest absolute Gasteiger partial charge is 0.250 e. The molecule has 150 valence electrons. The molecule has 1 spiro atoms. The Labute approximate surface area is 171 Å². The van der Waals surface area contributed by atoms with Crippen molar-refractivity contribution in [3.63, 3.8) is 0 Å². The topological polar surface area (TPSA) is 61.4 Å². The monoisotopic (exact) mass is 389 g/mol. The molecular weight excluding hydrogens is 362 g/mol. The number of para-hydroxylation sites is 1. The van der Waals surface area contributed by atoms with Gasteiger partial charge in [-0.25, -0.2) is 0 Å². The Bertz CT molecular complexity index is 1000. The maximum Gasteiger partial charge on any atom is 0.250 e. The highest BCUT2D eigenvalue weighted by Gasteiger charge is 2.65. The van der Waals surface area contributed by atoms with Crippen molar-refractivity contribution in [1.82, 2.24) is 10.2 Å². The zero-order valence-electron chi connectivity index (χ0n) is 17.0. The second kappa shape index (κ2) is 6.70. The molecule has 5 nitrogen and oxygen atoms in total. The van der Waals surface area contributed by atoms with Gasteiger partial charge in [0.15, 0.2) is 0 Å². The molecule has 0 aromatic heterocycles. The molecule has 0 unspecified atom stereocenters. The third-order valence-corrected chi connectivity index (χ3v) is 7.26. The Morgan fingerprint density at radius 3 is 2.90 bits per heavy atom. The van der Waals surface area contributed by atoms with Gasteiger partial charge in [-0.05, 0) is 62.4 Å². The number of carbonyl (C=O) groups excluding carboxylic acids is 2. The average Bonchev–Trinajstić information content (AvgIpc) is 3.37. The van der Waals surface area contributed by atoms with Gasteiger partial charge in [-0.1, -0.05) is 36.4 Å². The number of aryl methyl sites for hydroxylation is 1. The first-order valence-electron chi connectivity index (χ1n) is 10.5. The summed E-state index contributed by atoms with van der Waals surface area (Å²) in [5.74, 6) is -0.441. The van der Waals surface area contributed by atoms with Crippen molar-refractivity contribution in [2.45, 2.75) is 51.2 Å². The summed E-state index contributed by atoms with van der Waals surface area (Å²) in [5, 5.41) is 6.21. The summed E-state index contributed by atoms with van der Waals surface area (Å²) in [6.07, 6.45) is 2.87. The molecule has 2 aromatic carbocycles. The SMILES string of the molecule is Cc1cccc(CNC(=O)[C@@H]2C[C@H]3CCCN3[C@]23C(=O)Nc2ccccc23)c1C. The van der Waals surface area contributed by atoms with Crippen LogP contribution in [0.3, 0.4) is 0 Å². The molecule has 29 heavy (non-hydrogen) atoms. The lowest BCUT2D eigenvalue weighted by molar-refractivity contribution is -0.137. The van der Waals surface area contributed by atoms with Crippen LogP contribution in [-0.4, -0.2) is 29.3 Å². The molecule has 3 atom stereocenters. The van der Waals surface area contributed by atoms with Gasteiger partial charge in [0.25, 0.3) is 0 Å². The number of hydrogen-bond acceptors (Lipinski definition) is 3. The number of nitrogens with one attached hydrogen (secondary N) is 2. The minimum atomic E-state index is -0.872. The molecule has 0 radical (unpaired) electrons. The second-order valence-corrected chi connectivity index (χ2v) is 8.62. The Morgan fingerprint density at radius 2 is 2.03 bits per heavy atom. The number of hydrogen-bond donors (Lipinski definition) is 2. The highest BCUT2D eigenvalue weighted by molar-refractivity contribution is 6.09. The molecule has 2 aromatic rings. The van der Waals surface area contributed by atoms with E-state index in [-0.39, 0.29) is 17.7 Å². The first kappa shape index (κ1) is 18.4. The first-order valence-corrected chi connectivity index (χ1v) is 10.5. The number of nitrogens with zero attached hydrogens (tertiary/aromatic N) is 1. The number of benzene rings is 2. The summed E-state index contributed by atoms with van der Waals surface area (Å²) < 4.78 is 0. The van der Waals surface area contributed by atoms with Gasteiger partial charge < -0.3 is 10.6 Å². The van der Waals surface area contributed by atoms with E-state index in [9.17, 15) is 9.59 Å². The molecule has 5 heteroatoms. The van der Waals surface area contributed by atoms with Crippen molar-refractivity contribution in [1.29, 1.82) is 0 Å². The van der Waals surface area contributed by atoms with E-state index >= 15 is 0 Å². The van der Waals surface area contributed by atoms with Gasteiger partial charge in [0.1, 0.15) is 5.54 Å². The van der Waals surface area contributed by atoms with Crippen LogP contribution in [-0.2, 0) is 21.7 Å². The predicted molar refractivity (Wildman–Crippen MR) is 112 cm³/mol. The minimum Gasteiger partial charge on any atom is -0.352 e. The van der Waals surface area contributed by atoms with Crippen molar-refractivity contribution >= 4 is 17.5 Å². The van der Waals surface area contributed by atoms with Crippen LogP contribution in [0.15, 0.2) is 42.5 Å². The lowest BCUT2D eigenvalue weighted by Gasteiger charge is -2.36. The van der Waals surface area contributed by atoms with Gasteiger partial charge in [0.2, 0.25) is 11.8 Å². The maximum atomic E-state index is 13.4. The zero-order chi connectivity index (χ0) is 20.2. The van der Waals surface area contributed by atoms with Crippen LogP contribution >= 0.6 is 0 Å². The van der Waals surface area contributed by atoms with Crippen LogP contribution in [0.25, 0.3) is 0 Å². The van der Waals surface area contributed by atoms with Crippen LogP contribution in [0.4, 0.5) is 5.69 Å². The zero-order valence-corrected chi connectivity index (χ0v) is 17.0. The van der Waals surface area contributed by atoms with E-state index in [2.05, 4.69) is 41.5 Å². The highest BCUT2D eigenvalue weighted by Crippen LogP contribution is 2.55. The van der Waals surface area contributed by atoms with Gasteiger partial charge in [-0.3, -0.25) is 14.5 Å². The van der Waals surface area contributed by atoms with Gasteiger partial charge in [-0.2, -0.15) is 0 Å². The summed E-state index contributed by atoms with van der Waals surface area (Å²) >= 11 is 0. The van der Waals surface area contributed by atoms with E-state index in [4.69, 9.17) is 0 Å². The minimum absolute atomic E-state index is 0.0211. The molecule has 2 saturated heterocycles. The van der Waals surface area contributed by atoms with Crippen LogP contribution in [0.2, 0.25) is 0 Å². The average molecular weight is 389 g/mol. The standard InChI is InChI=1S/C24H27N3O2/c1-15-7-5-8-17(16(15)2)14-25-22(28)20-13-18-9-6-12-27(18)24(20)19-10-3-4-11-21(19)26-23(24)29/h3-5,7-8,10-11,18,20H,6,9,12-14H2,1-2H3,(H,25,28)(H,26,29)/t18-,20+,24+/m1/s1. The summed E-state index contributed by atoms with van der Waals surface area (Å²) in [6.45, 7) is 5.53. The van der Waals surface area contributed by atoms with Crippen LogP contribution in [0, 0.1) is 19.8 Å². The van der Waals surface area contributed by atoms with Crippen molar-refractivity contribution < 1.29 is 9.59 Å². The normalized spacial score (nSPS) is 27.7. The number of amides is 2. The molecule has 0 aliphatic carbocycles. The van der Waals surface area contributed by atoms with Crippen LogP contribution < -0.4 is 10.6 Å². The van der Waals surface area contributed by atoms with Crippen LogP contribution in [0.5, 0.6) is 0 Å². The van der Waals surface area contributed by atoms with E-state index < -0.39 is 5.54 Å². The Balaban J connectivity index is 1.48. The van der Waals surface area contributed by atoms with Gasteiger partial charge in [0.05, 0.1) is 5.92 Å². The van der Waals surface area contributed by atoms with E-state index in [0.29, 0.717) is 12.6 Å². The fourth-order valence-corrected chi connectivity index (χ4v) is 5.69. The molecule has 0 bridgehead atoms. The fourth-order valence-electron chi connectivity index (χ4n) is 5.69. The van der Waals surface area contributed by atoms with Crippen LogP contribution in [0.1, 0.15) is 41.5 Å². The summed E-state index contributed by atoms with van der Waals surface area (Å²) in [6, 6.07) is 14.3. The van der Waals surface area contributed by atoms with Crippen molar-refractivity contribution in [3.05, 3.63) is 64.7 Å². The largest absolute Gasteiger partial charge is 0.352 e. The number of anilines is 1. The van der Waals surface area contributed by atoms with Gasteiger partial charge >= 0.3 is 0 Å². The summed E-state index contributed by atoms with van der Waals surface area (Å²) in [4.78, 5) is 29.1. The molecule has 3 aliphatic rings. The predicted octanol–water partition coefficient (Wildman–Crippen LogP) is 3.25. The maximum absolute atomic E-state index is 13.4. The Morgan fingerprint density at radius 1 is 1.21 bits per heavy atom. The summed E-state index contributed by atoms with van der Waals surface area (Å²) in [5.41, 5.74) is 4.49. The Kier molecular flexibility index (Phi) is 4.24. The van der Waals surface area contributed by atoms with Crippen molar-refractivity contribution in [3.8, 4) is 0 Å². The third-order valence-electron chi connectivity index (χ3n) is 7.26. The number of fused-ring (bicyclic) bond motifs is 4. The number of rotatable bonds is 3. The highest BCUT2D eigenvalue weighted by atomic mass is 16.2. The molecule has 2 fully saturated rings. The first-order chi connectivity index (χ1) is 14.0. The van der Waals surface area contributed by atoms with E-state index in [1.165, 1.54) is 11.1 Å². The fraction of sp³-hybridized carbons (Fsp3) is 0.417. The number of carbonyl (C=O) groups is 2. The second-order valence-electron chi connectivity index (χ2n) is 8.62.